The van der Waals surface area contributed by atoms with Crippen molar-refractivity contribution in [2.45, 2.75) is 30.7 Å². The molecule has 10 heteroatoms. The number of ether oxygens (including phenoxy) is 1. The molecule has 0 saturated heterocycles. The lowest BCUT2D eigenvalue weighted by Crippen LogP contribution is -2.00. The van der Waals surface area contributed by atoms with Crippen molar-refractivity contribution in [2.24, 2.45) is 0 Å². The van der Waals surface area contributed by atoms with E-state index in [9.17, 15) is 8.78 Å². The Balaban J connectivity index is 1.84. The standard InChI is InChI=1S/C19H21F2N5OS2/c1-2-3-15-13(10-28-19-25-16(22)9-17(23)26-19)24-18(29-15)11-4-5-12(21)14(8-11)27-7-6-20/h4-5,8-9H,2-3,6-7,10H2,1H3,(H4,22,23,25,26). The van der Waals surface area contributed by atoms with E-state index < -0.39 is 12.5 Å². The number of benzene rings is 1. The van der Waals surface area contributed by atoms with E-state index in [-0.39, 0.29) is 12.4 Å². The summed E-state index contributed by atoms with van der Waals surface area (Å²) in [4.78, 5) is 14.2. The van der Waals surface area contributed by atoms with Crippen LogP contribution in [0.2, 0.25) is 0 Å². The highest BCUT2D eigenvalue weighted by Crippen LogP contribution is 2.34. The van der Waals surface area contributed by atoms with Crippen LogP contribution in [0.25, 0.3) is 10.6 Å². The van der Waals surface area contributed by atoms with Crippen molar-refractivity contribution in [2.75, 3.05) is 24.7 Å². The second-order valence-corrected chi connectivity index (χ2v) is 8.14. The van der Waals surface area contributed by atoms with Gasteiger partial charge in [0.1, 0.15) is 29.9 Å². The fourth-order valence-electron chi connectivity index (χ4n) is 2.60. The molecule has 3 rings (SSSR count). The van der Waals surface area contributed by atoms with Crippen molar-refractivity contribution >= 4 is 34.7 Å². The predicted octanol–water partition coefficient (Wildman–Crippen LogP) is 4.50. The normalized spacial score (nSPS) is 11.0. The average Bonchev–Trinajstić information content (AvgIpc) is 3.08. The van der Waals surface area contributed by atoms with Crippen LogP contribution >= 0.6 is 23.1 Å². The predicted molar refractivity (Wildman–Crippen MR) is 113 cm³/mol. The summed E-state index contributed by atoms with van der Waals surface area (Å²) in [6, 6.07) is 6.01. The molecule has 4 N–H and O–H groups in total. The topological polar surface area (TPSA) is 99.9 Å². The summed E-state index contributed by atoms with van der Waals surface area (Å²) in [6.07, 6.45) is 1.84. The van der Waals surface area contributed by atoms with Gasteiger partial charge in [0.05, 0.1) is 5.69 Å². The number of anilines is 2. The van der Waals surface area contributed by atoms with Crippen molar-refractivity contribution in [3.05, 3.63) is 40.7 Å². The third-order valence-corrected chi connectivity index (χ3v) is 5.92. The largest absolute Gasteiger partial charge is 0.488 e. The molecular weight excluding hydrogens is 416 g/mol. The van der Waals surface area contributed by atoms with E-state index in [0.717, 1.165) is 34.0 Å². The Labute approximate surface area is 175 Å². The third-order valence-electron chi connectivity index (χ3n) is 3.85. The molecule has 1 aromatic carbocycles. The lowest BCUT2D eigenvalue weighted by atomic mass is 10.2. The zero-order chi connectivity index (χ0) is 20.8. The number of hydrogen-bond donors (Lipinski definition) is 2. The van der Waals surface area contributed by atoms with Crippen LogP contribution in [-0.2, 0) is 12.2 Å². The van der Waals surface area contributed by atoms with Gasteiger partial charge in [-0.3, -0.25) is 0 Å². The lowest BCUT2D eigenvalue weighted by molar-refractivity contribution is 0.263. The van der Waals surface area contributed by atoms with Crippen LogP contribution in [0.15, 0.2) is 29.4 Å². The van der Waals surface area contributed by atoms with E-state index >= 15 is 0 Å². The van der Waals surface area contributed by atoms with E-state index in [4.69, 9.17) is 21.2 Å². The summed E-state index contributed by atoms with van der Waals surface area (Å²) in [5.74, 6) is 0.688. The lowest BCUT2D eigenvalue weighted by Gasteiger charge is -2.06. The molecule has 0 bridgehead atoms. The summed E-state index contributed by atoms with van der Waals surface area (Å²) in [6.45, 7) is 1.23. The molecule has 6 nitrogen and oxygen atoms in total. The Morgan fingerprint density at radius 1 is 1.14 bits per heavy atom. The summed E-state index contributed by atoms with van der Waals surface area (Å²) >= 11 is 2.95. The SMILES string of the molecule is CCCc1sc(-c2ccc(F)c(OCCF)c2)nc1CSc1nc(N)cc(N)n1. The van der Waals surface area contributed by atoms with Gasteiger partial charge in [0, 0.05) is 22.3 Å². The molecule has 2 aromatic heterocycles. The van der Waals surface area contributed by atoms with Gasteiger partial charge in [-0.05, 0) is 24.6 Å². The number of nitrogens with zero attached hydrogens (tertiary/aromatic N) is 3. The highest BCUT2D eigenvalue weighted by molar-refractivity contribution is 7.98. The maximum Gasteiger partial charge on any atom is 0.191 e. The van der Waals surface area contributed by atoms with E-state index in [1.165, 1.54) is 23.9 Å². The minimum absolute atomic E-state index is 0.0203. The second-order valence-electron chi connectivity index (χ2n) is 6.11. The summed E-state index contributed by atoms with van der Waals surface area (Å²) in [5, 5.41) is 1.24. The Kier molecular flexibility index (Phi) is 7.21. The molecule has 0 amide bonds. The fraction of sp³-hybridized carbons (Fsp3) is 0.316. The maximum absolute atomic E-state index is 13.9. The zero-order valence-corrected chi connectivity index (χ0v) is 17.5. The van der Waals surface area contributed by atoms with Crippen LogP contribution in [0, 0.1) is 5.82 Å². The highest BCUT2D eigenvalue weighted by atomic mass is 32.2. The number of hydrogen-bond acceptors (Lipinski definition) is 8. The number of aromatic nitrogens is 3. The number of aryl methyl sites for hydroxylation is 1. The van der Waals surface area contributed by atoms with Crippen molar-refractivity contribution in [3.8, 4) is 16.3 Å². The van der Waals surface area contributed by atoms with Gasteiger partial charge in [0.25, 0.3) is 0 Å². The first kappa shape index (κ1) is 21.3. The molecule has 0 aliphatic rings. The van der Waals surface area contributed by atoms with Crippen LogP contribution in [0.1, 0.15) is 23.9 Å². The average molecular weight is 438 g/mol. The fourth-order valence-corrected chi connectivity index (χ4v) is 4.71. The van der Waals surface area contributed by atoms with Crippen LogP contribution in [0.4, 0.5) is 20.4 Å². The quantitative estimate of drug-likeness (QED) is 0.376. The van der Waals surface area contributed by atoms with Gasteiger partial charge >= 0.3 is 0 Å². The van der Waals surface area contributed by atoms with Crippen molar-refractivity contribution in [3.63, 3.8) is 0 Å². The van der Waals surface area contributed by atoms with Crippen LogP contribution in [0.5, 0.6) is 5.75 Å². The number of rotatable bonds is 9. The van der Waals surface area contributed by atoms with Crippen molar-refractivity contribution < 1.29 is 13.5 Å². The summed E-state index contributed by atoms with van der Waals surface area (Å²) in [7, 11) is 0. The minimum Gasteiger partial charge on any atom is -0.488 e. The van der Waals surface area contributed by atoms with Crippen LogP contribution in [-0.4, -0.2) is 28.2 Å². The van der Waals surface area contributed by atoms with Gasteiger partial charge < -0.3 is 16.2 Å². The molecule has 0 fully saturated rings. The molecular formula is C19H21F2N5OS2. The van der Waals surface area contributed by atoms with E-state index in [1.807, 2.05) is 0 Å². The first-order chi connectivity index (χ1) is 14.0. The Morgan fingerprint density at radius 3 is 2.59 bits per heavy atom. The first-order valence-electron chi connectivity index (χ1n) is 9.00. The number of nitrogen functional groups attached to an aromatic ring is 2. The molecule has 0 radical (unpaired) electrons. The molecule has 0 unspecified atom stereocenters. The minimum atomic E-state index is -0.681. The highest BCUT2D eigenvalue weighted by Gasteiger charge is 2.15. The molecule has 2 heterocycles. The first-order valence-corrected chi connectivity index (χ1v) is 10.8. The van der Waals surface area contributed by atoms with E-state index in [1.54, 1.807) is 23.5 Å². The van der Waals surface area contributed by atoms with Gasteiger partial charge in [0.15, 0.2) is 16.7 Å². The van der Waals surface area contributed by atoms with E-state index in [2.05, 4.69) is 16.9 Å². The summed E-state index contributed by atoms with van der Waals surface area (Å²) < 4.78 is 31.4. The van der Waals surface area contributed by atoms with Gasteiger partial charge in [0.2, 0.25) is 0 Å². The maximum atomic E-state index is 13.9. The number of alkyl halides is 1. The van der Waals surface area contributed by atoms with Crippen molar-refractivity contribution in [1.82, 2.24) is 15.0 Å². The zero-order valence-electron chi connectivity index (χ0n) is 15.8. The Morgan fingerprint density at radius 2 is 1.90 bits per heavy atom. The molecule has 0 spiro atoms. The molecule has 0 aliphatic carbocycles. The number of thioether (sulfide) groups is 1. The van der Waals surface area contributed by atoms with Crippen LogP contribution in [0.3, 0.4) is 0 Å². The van der Waals surface area contributed by atoms with Gasteiger partial charge in [-0.2, -0.15) is 0 Å². The van der Waals surface area contributed by atoms with E-state index in [0.29, 0.717) is 22.5 Å². The number of thiazole rings is 1. The smallest absolute Gasteiger partial charge is 0.191 e. The number of halogens is 2. The number of nitrogens with two attached hydrogens (primary N) is 2. The monoisotopic (exact) mass is 437 g/mol. The van der Waals surface area contributed by atoms with Gasteiger partial charge in [-0.25, -0.2) is 23.7 Å². The molecule has 0 aliphatic heterocycles. The molecule has 0 saturated carbocycles. The Hall–Kier alpha value is -2.46. The third kappa shape index (κ3) is 5.54. The van der Waals surface area contributed by atoms with Gasteiger partial charge in [-0.15, -0.1) is 11.3 Å². The van der Waals surface area contributed by atoms with Crippen LogP contribution < -0.4 is 16.2 Å². The molecule has 154 valence electrons. The molecule has 29 heavy (non-hydrogen) atoms. The summed E-state index contributed by atoms with van der Waals surface area (Å²) in [5.41, 5.74) is 13.1. The van der Waals surface area contributed by atoms with Gasteiger partial charge in [-0.1, -0.05) is 25.1 Å². The van der Waals surface area contributed by atoms with Crippen molar-refractivity contribution in [1.29, 1.82) is 0 Å². The molecule has 0 atom stereocenters. The Bertz CT molecular complexity index is 963. The molecule has 3 aromatic rings. The second kappa shape index (κ2) is 9.84.